The van der Waals surface area contributed by atoms with Gasteiger partial charge in [0.1, 0.15) is 6.04 Å². The van der Waals surface area contributed by atoms with E-state index in [9.17, 15) is 4.79 Å². The monoisotopic (exact) mass is 286 g/mol. The highest BCUT2D eigenvalue weighted by Crippen LogP contribution is 2.27. The minimum atomic E-state index is -0.180. The summed E-state index contributed by atoms with van der Waals surface area (Å²) in [5, 5.41) is 6.63. The summed E-state index contributed by atoms with van der Waals surface area (Å²) in [6.45, 7) is 3.05. The van der Waals surface area contributed by atoms with Crippen molar-refractivity contribution >= 4 is 5.91 Å². The van der Waals surface area contributed by atoms with Gasteiger partial charge in [0.05, 0.1) is 0 Å². The number of carbonyl (C=O) groups excluding carboxylic acids is 1. The molecule has 0 aromatic heterocycles. The van der Waals surface area contributed by atoms with Gasteiger partial charge in [-0.15, -0.1) is 0 Å². The number of amides is 1. The van der Waals surface area contributed by atoms with Crippen molar-refractivity contribution in [2.45, 2.75) is 57.5 Å². The van der Waals surface area contributed by atoms with Crippen molar-refractivity contribution in [3.8, 4) is 0 Å². The molecular weight excluding hydrogens is 260 g/mol. The van der Waals surface area contributed by atoms with E-state index in [1.807, 2.05) is 6.07 Å². The summed E-state index contributed by atoms with van der Waals surface area (Å²) in [4.78, 5) is 12.6. The van der Waals surface area contributed by atoms with Gasteiger partial charge in [0.15, 0.2) is 0 Å². The van der Waals surface area contributed by atoms with E-state index in [0.29, 0.717) is 5.92 Å². The van der Waals surface area contributed by atoms with E-state index < -0.39 is 0 Å². The molecule has 1 unspecified atom stereocenters. The van der Waals surface area contributed by atoms with Gasteiger partial charge >= 0.3 is 0 Å². The molecule has 1 saturated carbocycles. The smallest absolute Gasteiger partial charge is 0.241 e. The Kier molecular flexibility index (Phi) is 4.59. The van der Waals surface area contributed by atoms with E-state index in [0.717, 1.165) is 18.5 Å². The topological polar surface area (TPSA) is 41.1 Å². The van der Waals surface area contributed by atoms with Crippen LogP contribution >= 0.6 is 0 Å². The lowest BCUT2D eigenvalue weighted by Gasteiger charge is -2.31. The quantitative estimate of drug-likeness (QED) is 0.897. The first-order valence-corrected chi connectivity index (χ1v) is 8.37. The molecule has 0 saturated heterocycles. The van der Waals surface area contributed by atoms with E-state index in [1.54, 1.807) is 0 Å². The van der Waals surface area contributed by atoms with Gasteiger partial charge in [-0.25, -0.2) is 0 Å². The second-order valence-electron chi connectivity index (χ2n) is 6.53. The second-order valence-corrected chi connectivity index (χ2v) is 6.53. The minimum Gasteiger partial charge on any atom is -0.352 e. The van der Waals surface area contributed by atoms with E-state index in [4.69, 9.17) is 0 Å². The molecule has 0 radical (unpaired) electrons. The Labute approximate surface area is 127 Å². The maximum atomic E-state index is 12.6. The Morgan fingerprint density at radius 3 is 2.81 bits per heavy atom. The van der Waals surface area contributed by atoms with Crippen molar-refractivity contribution in [3.63, 3.8) is 0 Å². The van der Waals surface area contributed by atoms with Crippen molar-refractivity contribution in [1.82, 2.24) is 10.6 Å². The zero-order chi connectivity index (χ0) is 14.7. The molecule has 3 nitrogen and oxygen atoms in total. The maximum absolute atomic E-state index is 12.6. The molecular formula is C18H26N2O. The Bertz CT molecular complexity index is 494. The van der Waals surface area contributed by atoms with E-state index >= 15 is 0 Å². The number of rotatable bonds is 3. The fraction of sp³-hybridized carbons (Fsp3) is 0.611. The van der Waals surface area contributed by atoms with Crippen LogP contribution in [0.1, 0.15) is 56.2 Å². The van der Waals surface area contributed by atoms with Crippen molar-refractivity contribution in [2.24, 2.45) is 5.92 Å². The van der Waals surface area contributed by atoms with Gasteiger partial charge in [0.2, 0.25) is 5.91 Å². The normalized spacial score (nSPS) is 24.1. The van der Waals surface area contributed by atoms with E-state index in [2.05, 4.69) is 35.8 Å². The predicted molar refractivity (Wildman–Crippen MR) is 85.1 cm³/mol. The lowest BCUT2D eigenvalue weighted by atomic mass is 9.84. The van der Waals surface area contributed by atoms with Crippen LogP contribution in [-0.2, 0) is 11.2 Å². The third-order valence-corrected chi connectivity index (χ3v) is 5.10. The van der Waals surface area contributed by atoms with Gasteiger partial charge in [-0.2, -0.15) is 0 Å². The molecule has 2 aliphatic rings. The highest BCUT2D eigenvalue weighted by Gasteiger charge is 2.28. The molecule has 2 atom stereocenters. The predicted octanol–water partition coefficient (Wildman–Crippen LogP) is 2.96. The Balaban J connectivity index is 1.66. The molecule has 1 aliphatic heterocycles. The van der Waals surface area contributed by atoms with Gasteiger partial charge in [-0.1, -0.05) is 43.5 Å². The van der Waals surface area contributed by atoms with Crippen LogP contribution in [0.2, 0.25) is 0 Å². The second kappa shape index (κ2) is 6.61. The Hall–Kier alpha value is -1.35. The molecule has 3 rings (SSSR count). The minimum absolute atomic E-state index is 0.139. The molecule has 0 spiro atoms. The van der Waals surface area contributed by atoms with Crippen molar-refractivity contribution in [3.05, 3.63) is 35.4 Å². The summed E-state index contributed by atoms with van der Waals surface area (Å²) < 4.78 is 0. The van der Waals surface area contributed by atoms with Crippen LogP contribution in [0, 0.1) is 5.92 Å². The van der Waals surface area contributed by atoms with Gasteiger partial charge in [-0.3, -0.25) is 4.79 Å². The van der Waals surface area contributed by atoms with Gasteiger partial charge < -0.3 is 10.6 Å². The average molecular weight is 286 g/mol. The van der Waals surface area contributed by atoms with Gasteiger partial charge in [0.25, 0.3) is 0 Å². The molecule has 1 aromatic rings. The molecule has 1 fully saturated rings. The molecule has 21 heavy (non-hydrogen) atoms. The summed E-state index contributed by atoms with van der Waals surface area (Å²) in [5.41, 5.74) is 2.46. The molecule has 114 valence electrons. The van der Waals surface area contributed by atoms with Crippen LogP contribution in [0.5, 0.6) is 0 Å². The molecule has 3 heteroatoms. The summed E-state index contributed by atoms with van der Waals surface area (Å²) in [7, 11) is 0. The van der Waals surface area contributed by atoms with E-state index in [-0.39, 0.29) is 18.0 Å². The number of benzene rings is 1. The van der Waals surface area contributed by atoms with Crippen molar-refractivity contribution in [2.75, 3.05) is 6.54 Å². The van der Waals surface area contributed by atoms with Crippen LogP contribution in [-0.4, -0.2) is 18.5 Å². The highest BCUT2D eigenvalue weighted by atomic mass is 16.2. The van der Waals surface area contributed by atoms with Crippen molar-refractivity contribution in [1.29, 1.82) is 0 Å². The molecule has 1 aromatic carbocycles. The summed E-state index contributed by atoms with van der Waals surface area (Å²) in [5.74, 6) is 0.793. The standard InChI is InChI=1S/C18H26N2O/c1-13(14-7-3-2-4-8-14)20-18(21)17-16-10-6-5-9-15(16)11-12-19-17/h5-6,9-10,13-14,17,19H,2-4,7-8,11-12H2,1H3,(H,20,21)/t13-,17?/m1/s1. The zero-order valence-corrected chi connectivity index (χ0v) is 12.9. The first-order valence-electron chi connectivity index (χ1n) is 8.37. The number of nitrogens with one attached hydrogen (secondary N) is 2. The summed E-state index contributed by atoms with van der Waals surface area (Å²) >= 11 is 0. The third kappa shape index (κ3) is 3.29. The Morgan fingerprint density at radius 1 is 1.24 bits per heavy atom. The van der Waals surface area contributed by atoms with Crippen LogP contribution in [0.25, 0.3) is 0 Å². The number of carbonyl (C=O) groups is 1. The zero-order valence-electron chi connectivity index (χ0n) is 12.9. The largest absolute Gasteiger partial charge is 0.352 e. The maximum Gasteiger partial charge on any atom is 0.241 e. The summed E-state index contributed by atoms with van der Waals surface area (Å²) in [6.07, 6.45) is 7.52. The lowest BCUT2D eigenvalue weighted by molar-refractivity contribution is -0.124. The number of hydrogen-bond donors (Lipinski definition) is 2. The molecule has 1 amide bonds. The van der Waals surface area contributed by atoms with E-state index in [1.165, 1.54) is 37.7 Å². The molecule has 1 heterocycles. The first kappa shape index (κ1) is 14.6. The molecule has 2 N–H and O–H groups in total. The lowest BCUT2D eigenvalue weighted by Crippen LogP contribution is -2.46. The third-order valence-electron chi connectivity index (χ3n) is 5.10. The number of hydrogen-bond acceptors (Lipinski definition) is 2. The number of fused-ring (bicyclic) bond motifs is 1. The SMILES string of the molecule is C[C@@H](NC(=O)C1NCCc2ccccc21)C1CCCCC1. The van der Waals surface area contributed by atoms with Gasteiger partial charge in [-0.05, 0) is 43.2 Å². The fourth-order valence-corrected chi connectivity index (χ4v) is 3.80. The molecule has 0 bridgehead atoms. The highest BCUT2D eigenvalue weighted by molar-refractivity contribution is 5.84. The van der Waals surface area contributed by atoms with Crippen LogP contribution in [0.4, 0.5) is 0 Å². The molecule has 1 aliphatic carbocycles. The Morgan fingerprint density at radius 2 is 2.00 bits per heavy atom. The fourth-order valence-electron chi connectivity index (χ4n) is 3.80. The van der Waals surface area contributed by atoms with Crippen LogP contribution in [0.3, 0.4) is 0 Å². The van der Waals surface area contributed by atoms with Crippen LogP contribution in [0.15, 0.2) is 24.3 Å². The van der Waals surface area contributed by atoms with Gasteiger partial charge in [0, 0.05) is 12.6 Å². The summed E-state index contributed by atoms with van der Waals surface area (Å²) in [6, 6.07) is 8.41. The first-order chi connectivity index (χ1) is 10.3. The van der Waals surface area contributed by atoms with Crippen LogP contribution < -0.4 is 10.6 Å². The average Bonchev–Trinajstić information content (AvgIpc) is 2.55. The van der Waals surface area contributed by atoms with Crippen molar-refractivity contribution < 1.29 is 4.79 Å².